The smallest absolute Gasteiger partial charge is 0.266 e. The molecule has 120 valence electrons. The van der Waals surface area contributed by atoms with Gasteiger partial charge in [-0.1, -0.05) is 0 Å². The van der Waals surface area contributed by atoms with Crippen molar-refractivity contribution < 1.29 is 0 Å². The van der Waals surface area contributed by atoms with E-state index in [1.807, 2.05) is 12.1 Å². The Morgan fingerprint density at radius 3 is 2.62 bits per heavy atom. The average molecular weight is 320 g/mol. The number of nitrogens with zero attached hydrogens (tertiary/aromatic N) is 6. The molecule has 4 rings (SSSR count). The van der Waals surface area contributed by atoms with Gasteiger partial charge in [-0.3, -0.25) is 9.78 Å². The third kappa shape index (κ3) is 2.88. The van der Waals surface area contributed by atoms with Gasteiger partial charge in [-0.25, -0.2) is 14.6 Å². The van der Waals surface area contributed by atoms with E-state index in [1.54, 1.807) is 43.0 Å². The lowest BCUT2D eigenvalue weighted by Crippen LogP contribution is -2.50. The van der Waals surface area contributed by atoms with Crippen LogP contribution in [0.5, 0.6) is 0 Å². The van der Waals surface area contributed by atoms with Gasteiger partial charge in [0.25, 0.3) is 5.56 Å². The van der Waals surface area contributed by atoms with Crippen LogP contribution in [0.3, 0.4) is 0 Å². The molecule has 0 unspecified atom stereocenters. The second kappa shape index (κ2) is 6.19. The van der Waals surface area contributed by atoms with Gasteiger partial charge in [-0.2, -0.15) is 5.10 Å². The molecular weight excluding hydrogens is 304 g/mol. The first-order valence-electron chi connectivity index (χ1n) is 7.80. The summed E-state index contributed by atoms with van der Waals surface area (Å²) in [6.45, 7) is 2.25. The Kier molecular flexibility index (Phi) is 3.74. The maximum Gasteiger partial charge on any atom is 0.266 e. The molecule has 7 heteroatoms. The molecule has 1 aliphatic heterocycles. The van der Waals surface area contributed by atoms with Crippen LogP contribution in [0.1, 0.15) is 0 Å². The SMILES string of the molecule is O=c1ccc(-c2cccnc2)nn1CC1CN(c2ncccn2)C1. The van der Waals surface area contributed by atoms with Crippen LogP contribution < -0.4 is 10.5 Å². The molecule has 1 fully saturated rings. The fourth-order valence-electron chi connectivity index (χ4n) is 2.80. The van der Waals surface area contributed by atoms with Crippen molar-refractivity contribution in [2.75, 3.05) is 18.0 Å². The van der Waals surface area contributed by atoms with Gasteiger partial charge in [0.1, 0.15) is 0 Å². The lowest BCUT2D eigenvalue weighted by molar-refractivity contribution is 0.331. The van der Waals surface area contributed by atoms with Crippen LogP contribution in [-0.2, 0) is 6.54 Å². The Labute approximate surface area is 138 Å². The molecule has 0 aromatic carbocycles. The van der Waals surface area contributed by atoms with Gasteiger partial charge < -0.3 is 4.90 Å². The van der Waals surface area contributed by atoms with Crippen molar-refractivity contribution in [3.8, 4) is 11.3 Å². The molecule has 4 heterocycles. The number of rotatable bonds is 4. The molecule has 0 aliphatic carbocycles. The Bertz CT molecular complexity index is 874. The second-order valence-corrected chi connectivity index (χ2v) is 5.80. The molecule has 1 aliphatic rings. The van der Waals surface area contributed by atoms with Gasteiger partial charge in [0.2, 0.25) is 5.95 Å². The number of hydrogen-bond donors (Lipinski definition) is 0. The monoisotopic (exact) mass is 320 g/mol. The van der Waals surface area contributed by atoms with Crippen LogP contribution in [0.2, 0.25) is 0 Å². The van der Waals surface area contributed by atoms with Crippen molar-refractivity contribution in [1.29, 1.82) is 0 Å². The zero-order valence-corrected chi connectivity index (χ0v) is 13.0. The fraction of sp³-hybridized carbons (Fsp3) is 0.235. The van der Waals surface area contributed by atoms with E-state index in [4.69, 9.17) is 0 Å². The van der Waals surface area contributed by atoms with Gasteiger partial charge >= 0.3 is 0 Å². The van der Waals surface area contributed by atoms with Gasteiger partial charge in [0.05, 0.1) is 12.2 Å². The maximum atomic E-state index is 12.1. The predicted octanol–water partition coefficient (Wildman–Crippen LogP) is 1.23. The highest BCUT2D eigenvalue weighted by Crippen LogP contribution is 2.21. The third-order valence-electron chi connectivity index (χ3n) is 4.05. The summed E-state index contributed by atoms with van der Waals surface area (Å²) in [6, 6.07) is 8.89. The Morgan fingerprint density at radius 2 is 1.88 bits per heavy atom. The summed E-state index contributed by atoms with van der Waals surface area (Å²) < 4.78 is 1.54. The molecule has 0 bridgehead atoms. The molecule has 0 saturated carbocycles. The average Bonchev–Trinajstić information content (AvgIpc) is 2.60. The van der Waals surface area contributed by atoms with Crippen molar-refractivity contribution in [2.24, 2.45) is 5.92 Å². The van der Waals surface area contributed by atoms with Crippen LogP contribution in [0.4, 0.5) is 5.95 Å². The minimum atomic E-state index is -0.0861. The summed E-state index contributed by atoms with van der Waals surface area (Å²) in [5.74, 6) is 1.10. The van der Waals surface area contributed by atoms with Gasteiger partial charge in [-0.15, -0.1) is 0 Å². The van der Waals surface area contributed by atoms with E-state index < -0.39 is 0 Å². The number of pyridine rings is 1. The van der Waals surface area contributed by atoms with E-state index in [0.29, 0.717) is 12.5 Å². The summed E-state index contributed by atoms with van der Waals surface area (Å²) in [7, 11) is 0. The molecule has 3 aromatic heterocycles. The lowest BCUT2D eigenvalue weighted by Gasteiger charge is -2.39. The largest absolute Gasteiger partial charge is 0.340 e. The quantitative estimate of drug-likeness (QED) is 0.719. The number of anilines is 1. The topological polar surface area (TPSA) is 76.8 Å². The molecule has 3 aromatic rings. The second-order valence-electron chi connectivity index (χ2n) is 5.80. The number of hydrogen-bond acceptors (Lipinski definition) is 6. The summed E-state index contributed by atoms with van der Waals surface area (Å²) >= 11 is 0. The minimum Gasteiger partial charge on any atom is -0.340 e. The molecule has 0 amide bonds. The lowest BCUT2D eigenvalue weighted by atomic mass is 10.0. The standard InChI is InChI=1S/C17H16N6O/c24-16-5-4-15(14-3-1-6-18-9-14)21-23(16)12-13-10-22(11-13)17-19-7-2-8-20-17/h1-9,13H,10-12H2. The highest BCUT2D eigenvalue weighted by Gasteiger charge is 2.29. The summed E-state index contributed by atoms with van der Waals surface area (Å²) in [6.07, 6.45) is 6.93. The van der Waals surface area contributed by atoms with E-state index in [2.05, 4.69) is 25.0 Å². The van der Waals surface area contributed by atoms with Crippen LogP contribution in [0.25, 0.3) is 11.3 Å². The predicted molar refractivity (Wildman–Crippen MR) is 89.5 cm³/mol. The summed E-state index contributed by atoms with van der Waals surface area (Å²) in [5.41, 5.74) is 1.57. The van der Waals surface area contributed by atoms with Crippen molar-refractivity contribution in [1.82, 2.24) is 24.7 Å². The van der Waals surface area contributed by atoms with Gasteiger partial charge in [-0.05, 0) is 24.3 Å². The van der Waals surface area contributed by atoms with Gasteiger partial charge in [0, 0.05) is 55.4 Å². The van der Waals surface area contributed by atoms with Crippen LogP contribution in [-0.4, -0.2) is 37.8 Å². The Morgan fingerprint density at radius 1 is 1.04 bits per heavy atom. The number of aromatic nitrogens is 5. The van der Waals surface area contributed by atoms with E-state index in [9.17, 15) is 4.79 Å². The molecule has 0 radical (unpaired) electrons. The Balaban J connectivity index is 1.47. The minimum absolute atomic E-state index is 0.0861. The molecule has 7 nitrogen and oxygen atoms in total. The van der Waals surface area contributed by atoms with E-state index in [1.165, 1.54) is 4.68 Å². The van der Waals surface area contributed by atoms with Crippen molar-refractivity contribution in [2.45, 2.75) is 6.54 Å². The first kappa shape index (κ1) is 14.5. The van der Waals surface area contributed by atoms with Gasteiger partial charge in [0.15, 0.2) is 0 Å². The zero-order valence-electron chi connectivity index (χ0n) is 13.0. The Hall–Kier alpha value is -3.09. The molecule has 0 atom stereocenters. The van der Waals surface area contributed by atoms with Crippen LogP contribution in [0.15, 0.2) is 59.9 Å². The maximum absolute atomic E-state index is 12.1. The molecule has 0 N–H and O–H groups in total. The van der Waals surface area contributed by atoms with E-state index in [-0.39, 0.29) is 5.56 Å². The first-order valence-corrected chi connectivity index (χ1v) is 7.80. The van der Waals surface area contributed by atoms with Crippen molar-refractivity contribution >= 4 is 5.95 Å². The van der Waals surface area contributed by atoms with Crippen molar-refractivity contribution in [3.63, 3.8) is 0 Å². The molecular formula is C17H16N6O. The molecule has 0 spiro atoms. The zero-order chi connectivity index (χ0) is 16.4. The highest BCUT2D eigenvalue weighted by molar-refractivity contribution is 5.56. The van der Waals surface area contributed by atoms with Crippen molar-refractivity contribution in [3.05, 3.63) is 65.5 Å². The normalized spacial score (nSPS) is 14.4. The third-order valence-corrected chi connectivity index (χ3v) is 4.05. The van der Waals surface area contributed by atoms with Crippen LogP contribution in [0, 0.1) is 5.92 Å². The van der Waals surface area contributed by atoms with Crippen LogP contribution >= 0.6 is 0 Å². The molecule has 1 saturated heterocycles. The summed E-state index contributed by atoms with van der Waals surface area (Å²) in [4.78, 5) is 26.7. The highest BCUT2D eigenvalue weighted by atomic mass is 16.1. The molecule has 24 heavy (non-hydrogen) atoms. The first-order chi connectivity index (χ1) is 11.8. The van der Waals surface area contributed by atoms with E-state index in [0.717, 1.165) is 30.3 Å². The van der Waals surface area contributed by atoms with E-state index >= 15 is 0 Å². The fourth-order valence-corrected chi connectivity index (χ4v) is 2.80. The summed E-state index contributed by atoms with van der Waals surface area (Å²) in [5, 5.41) is 4.48.